The van der Waals surface area contributed by atoms with E-state index in [2.05, 4.69) is 222 Å². The number of nitrogens with one attached hydrogen (secondary N) is 1. The Morgan fingerprint density at radius 2 is 1.12 bits per heavy atom. The quantitative estimate of drug-likeness (QED) is 0.175. The number of aromatic nitrogens is 1. The minimum absolute atomic E-state index is 0.00416. The van der Waals surface area contributed by atoms with E-state index in [1.54, 1.807) is 0 Å². The summed E-state index contributed by atoms with van der Waals surface area (Å²) in [6.07, 6.45) is 2.33. The van der Waals surface area contributed by atoms with Crippen molar-refractivity contribution in [2.24, 2.45) is 0 Å². The Kier molecular flexibility index (Phi) is 8.55. The van der Waals surface area contributed by atoms with Crippen LogP contribution in [0.5, 0.6) is 0 Å². The second-order valence-electron chi connectivity index (χ2n) is 25.4. The maximum atomic E-state index is 4.15. The largest absolute Gasteiger partial charge is 0.355 e. The summed E-state index contributed by atoms with van der Waals surface area (Å²) in [5.74, 6) is 0. The summed E-state index contributed by atoms with van der Waals surface area (Å²) < 4.78 is 2.71. The van der Waals surface area contributed by atoms with Crippen molar-refractivity contribution < 1.29 is 0 Å². The highest BCUT2D eigenvalue weighted by molar-refractivity contribution is 6.74. The van der Waals surface area contributed by atoms with Crippen molar-refractivity contribution in [3.05, 3.63) is 160 Å². The lowest BCUT2D eigenvalue weighted by Gasteiger charge is -2.43. The molecule has 0 amide bonds. The zero-order valence-corrected chi connectivity index (χ0v) is 42.5. The van der Waals surface area contributed by atoms with Gasteiger partial charge in [0.25, 0.3) is 0 Å². The van der Waals surface area contributed by atoms with Gasteiger partial charge in [-0.2, -0.15) is 0 Å². The summed E-state index contributed by atoms with van der Waals surface area (Å²) in [6.45, 7) is 33.8. The lowest BCUT2D eigenvalue weighted by atomic mass is 9.56. The Balaban J connectivity index is 1.26. The molecule has 1 aromatic heterocycles. The zero-order chi connectivity index (χ0) is 47.1. The Hall–Kier alpha value is -5.80. The third-order valence-corrected chi connectivity index (χ3v) is 17.3. The van der Waals surface area contributed by atoms with Crippen molar-refractivity contribution >= 4 is 51.4 Å². The van der Waals surface area contributed by atoms with Gasteiger partial charge in [0.2, 0.25) is 0 Å². The minimum Gasteiger partial charge on any atom is -0.355 e. The third-order valence-electron chi connectivity index (χ3n) is 17.3. The number of anilines is 2. The minimum atomic E-state index is -0.264. The summed E-state index contributed by atoms with van der Waals surface area (Å²) in [5.41, 5.74) is 28.6. The van der Waals surface area contributed by atoms with Gasteiger partial charge in [0.1, 0.15) is 0 Å². The van der Waals surface area contributed by atoms with Gasteiger partial charge in [0, 0.05) is 49.7 Å². The Morgan fingerprint density at radius 3 is 1.78 bits per heavy atom. The molecule has 0 bridgehead atoms. The van der Waals surface area contributed by atoms with E-state index in [0.29, 0.717) is 0 Å². The van der Waals surface area contributed by atoms with Crippen molar-refractivity contribution in [1.29, 1.82) is 0 Å². The predicted molar refractivity (Wildman–Crippen MR) is 290 cm³/mol. The first-order valence-corrected chi connectivity index (χ1v) is 25.1. The summed E-state index contributed by atoms with van der Waals surface area (Å²) >= 11 is 0. The number of fused-ring (bicyclic) bond motifs is 13. The molecule has 4 aliphatic rings. The van der Waals surface area contributed by atoms with Crippen LogP contribution in [0.15, 0.2) is 115 Å². The van der Waals surface area contributed by atoms with Crippen molar-refractivity contribution in [3.63, 3.8) is 0 Å². The summed E-state index contributed by atoms with van der Waals surface area (Å²) in [5, 5.41) is 6.93. The van der Waals surface area contributed by atoms with Gasteiger partial charge in [-0.05, 0) is 155 Å². The number of benzene rings is 7. The van der Waals surface area contributed by atoms with Crippen LogP contribution in [0.25, 0.3) is 60.9 Å². The van der Waals surface area contributed by atoms with Crippen LogP contribution in [0.3, 0.4) is 0 Å². The van der Waals surface area contributed by atoms with Crippen LogP contribution >= 0.6 is 0 Å². The van der Waals surface area contributed by atoms with Crippen molar-refractivity contribution in [2.45, 2.75) is 142 Å². The molecule has 67 heavy (non-hydrogen) atoms. The first-order valence-electron chi connectivity index (χ1n) is 25.1. The van der Waals surface area contributed by atoms with Gasteiger partial charge in [-0.3, -0.25) is 0 Å². The third kappa shape index (κ3) is 5.88. The Morgan fingerprint density at radius 1 is 0.522 bits per heavy atom. The van der Waals surface area contributed by atoms with Crippen LogP contribution in [0.2, 0.25) is 0 Å². The highest BCUT2D eigenvalue weighted by Gasteiger charge is 2.45. The average Bonchev–Trinajstić information content (AvgIpc) is 3.82. The molecule has 1 aliphatic heterocycles. The fourth-order valence-corrected chi connectivity index (χ4v) is 13.3. The standard InChI is InChI=1S/C64H67BN2/c1-59(2,3)36-23-26-38(27-24-36)66-50-34-48-47(61(7,8)29-30-62(48,9)10)32-42(50)55-56-53(40-20-16-18-22-45(40)64(56,13)14)54-43-31-37(60(4,5)6)25-28-51(43)67-52-35-46-41(33-49(52)65-57(55)58(54)67)39-19-15-17-21-44(39)63(46,11)12/h15-28,31-35,65-66H,29-30H2,1-14H3. The highest BCUT2D eigenvalue weighted by atomic mass is 15.0. The van der Waals surface area contributed by atoms with Gasteiger partial charge in [-0.1, -0.05) is 175 Å². The number of hydrogen-bond acceptors (Lipinski definition) is 1. The molecule has 0 fully saturated rings. The van der Waals surface area contributed by atoms with Gasteiger partial charge in [-0.25, -0.2) is 0 Å². The monoisotopic (exact) mass is 875 g/mol. The van der Waals surface area contributed by atoms with Crippen molar-refractivity contribution in [3.8, 4) is 39.1 Å². The maximum absolute atomic E-state index is 4.15. The lowest BCUT2D eigenvalue weighted by molar-refractivity contribution is 0.332. The molecule has 0 unspecified atom stereocenters. The van der Waals surface area contributed by atoms with Gasteiger partial charge in [0.05, 0.1) is 5.52 Å². The fourth-order valence-electron chi connectivity index (χ4n) is 13.3. The lowest BCUT2D eigenvalue weighted by Crippen LogP contribution is -2.39. The van der Waals surface area contributed by atoms with Gasteiger partial charge >= 0.3 is 0 Å². The van der Waals surface area contributed by atoms with Gasteiger partial charge < -0.3 is 9.88 Å². The van der Waals surface area contributed by atoms with Gasteiger partial charge in [0.15, 0.2) is 7.28 Å². The van der Waals surface area contributed by atoms with E-state index in [0.717, 1.165) is 19.4 Å². The van der Waals surface area contributed by atoms with E-state index in [-0.39, 0.29) is 32.5 Å². The number of nitrogens with zero attached hydrogens (tertiary/aromatic N) is 1. The molecule has 0 saturated carbocycles. The van der Waals surface area contributed by atoms with Crippen LogP contribution in [-0.4, -0.2) is 11.8 Å². The summed E-state index contributed by atoms with van der Waals surface area (Å²) in [4.78, 5) is 0. The molecule has 7 aromatic carbocycles. The molecule has 1 N–H and O–H groups in total. The van der Waals surface area contributed by atoms with E-state index in [4.69, 9.17) is 0 Å². The van der Waals surface area contributed by atoms with Crippen LogP contribution in [0.4, 0.5) is 11.4 Å². The van der Waals surface area contributed by atoms with Crippen LogP contribution in [0.1, 0.15) is 154 Å². The SMILES string of the molecule is CC(C)(C)c1ccc(Nc2cc3c(cc2-c2c4c(c5c6cc(C(C)(C)C)ccc6n6c5c2Bc2cc5c(cc2-6)C(C)(C)c2ccccc2-5)-c2ccccc2C4(C)C)C(C)(C)CCC3(C)C)cc1. The summed E-state index contributed by atoms with van der Waals surface area (Å²) in [7, 11) is 0.852. The molecule has 336 valence electrons. The molecule has 0 spiro atoms. The normalized spacial score (nSPS) is 17.6. The molecule has 3 aliphatic carbocycles. The van der Waals surface area contributed by atoms with Crippen LogP contribution in [0, 0.1) is 0 Å². The molecule has 2 nitrogen and oxygen atoms in total. The predicted octanol–water partition coefficient (Wildman–Crippen LogP) is 15.5. The van der Waals surface area contributed by atoms with E-state index in [1.807, 2.05) is 0 Å². The molecule has 0 atom stereocenters. The Labute approximate surface area is 400 Å². The second kappa shape index (κ2) is 13.5. The van der Waals surface area contributed by atoms with Crippen molar-refractivity contribution in [2.75, 3.05) is 5.32 Å². The number of hydrogen-bond donors (Lipinski definition) is 1. The molecule has 12 rings (SSSR count). The van der Waals surface area contributed by atoms with Crippen LogP contribution < -0.4 is 16.2 Å². The van der Waals surface area contributed by atoms with Crippen LogP contribution in [-0.2, 0) is 32.5 Å². The zero-order valence-electron chi connectivity index (χ0n) is 42.5. The van der Waals surface area contributed by atoms with E-state index in [1.165, 1.54) is 128 Å². The first kappa shape index (κ1) is 42.6. The fraction of sp³-hybridized carbons (Fsp3) is 0.344. The summed E-state index contributed by atoms with van der Waals surface area (Å²) in [6, 6.07) is 45.6. The van der Waals surface area contributed by atoms with Gasteiger partial charge in [-0.15, -0.1) is 0 Å². The molecule has 3 heteroatoms. The molecule has 0 saturated heterocycles. The topological polar surface area (TPSA) is 17.0 Å². The first-order chi connectivity index (χ1) is 31.5. The van der Waals surface area contributed by atoms with E-state index in [9.17, 15) is 0 Å². The Bertz CT molecular complexity index is 3460. The molecule has 0 radical (unpaired) electrons. The number of rotatable bonds is 3. The smallest absolute Gasteiger partial charge is 0.198 e. The average molecular weight is 875 g/mol. The maximum Gasteiger partial charge on any atom is 0.198 e. The molecular formula is C64H67BN2. The molecular weight excluding hydrogens is 808 g/mol. The van der Waals surface area contributed by atoms with E-state index < -0.39 is 0 Å². The second-order valence-corrected chi connectivity index (χ2v) is 25.4. The van der Waals surface area contributed by atoms with E-state index >= 15 is 0 Å². The van der Waals surface area contributed by atoms with Crippen molar-refractivity contribution in [1.82, 2.24) is 4.57 Å². The molecule has 8 aromatic rings. The molecule has 2 heterocycles. The highest BCUT2D eigenvalue weighted by Crippen LogP contribution is 2.59.